The van der Waals surface area contributed by atoms with Crippen molar-refractivity contribution in [2.75, 3.05) is 7.11 Å². The Morgan fingerprint density at radius 1 is 1.11 bits per heavy atom. The molecular weight excluding hydrogens is 278 g/mol. The minimum Gasteiger partial charge on any atom is -0.497 e. The van der Waals surface area contributed by atoms with E-state index in [0.29, 0.717) is 6.54 Å². The van der Waals surface area contributed by atoms with Gasteiger partial charge >= 0.3 is 0 Å². The van der Waals surface area contributed by atoms with E-state index in [1.54, 1.807) is 7.11 Å². The van der Waals surface area contributed by atoms with Crippen LogP contribution in [-0.2, 0) is 6.54 Å². The van der Waals surface area contributed by atoms with Crippen molar-refractivity contribution in [2.24, 2.45) is 0 Å². The zero-order valence-electron chi connectivity index (χ0n) is 10.5. The highest BCUT2D eigenvalue weighted by Crippen LogP contribution is 2.12. The zero-order valence-corrected chi connectivity index (χ0v) is 12.1. The van der Waals surface area contributed by atoms with Crippen molar-refractivity contribution >= 4 is 28.8 Å². The van der Waals surface area contributed by atoms with Gasteiger partial charge in [-0.25, -0.2) is 0 Å². The number of thiocarbonyl (C=S) groups is 1. The Hall–Kier alpha value is -1.58. The molecule has 1 N–H and O–H groups in total. The Morgan fingerprint density at radius 3 is 2.32 bits per heavy atom. The second kappa shape index (κ2) is 6.55. The van der Waals surface area contributed by atoms with Gasteiger partial charge in [0.1, 0.15) is 10.7 Å². The topological polar surface area (TPSA) is 21.3 Å². The quantitative estimate of drug-likeness (QED) is 0.866. The van der Waals surface area contributed by atoms with Crippen molar-refractivity contribution in [3.8, 4) is 5.75 Å². The lowest BCUT2D eigenvalue weighted by Crippen LogP contribution is -2.21. The molecule has 0 aliphatic heterocycles. The Morgan fingerprint density at radius 2 is 1.74 bits per heavy atom. The summed E-state index contributed by atoms with van der Waals surface area (Å²) in [6.45, 7) is 0.683. The Labute approximate surface area is 123 Å². The van der Waals surface area contributed by atoms with Crippen LogP contribution in [0, 0.1) is 0 Å². The molecular formula is C15H14ClNOS. The second-order valence-corrected chi connectivity index (χ2v) is 4.88. The van der Waals surface area contributed by atoms with E-state index in [4.69, 9.17) is 28.6 Å². The van der Waals surface area contributed by atoms with Gasteiger partial charge in [-0.05, 0) is 42.0 Å². The number of halogens is 1. The molecule has 0 bridgehead atoms. The molecule has 0 saturated carbocycles. The highest BCUT2D eigenvalue weighted by atomic mass is 35.5. The molecule has 2 aromatic carbocycles. The summed E-state index contributed by atoms with van der Waals surface area (Å²) in [6, 6.07) is 15.4. The smallest absolute Gasteiger partial charge is 0.118 e. The molecule has 0 aliphatic carbocycles. The number of hydrogen-bond donors (Lipinski definition) is 1. The molecule has 19 heavy (non-hydrogen) atoms. The van der Waals surface area contributed by atoms with Crippen LogP contribution in [0.4, 0.5) is 0 Å². The number of rotatable bonds is 4. The van der Waals surface area contributed by atoms with Gasteiger partial charge in [-0.2, -0.15) is 0 Å². The average molecular weight is 292 g/mol. The van der Waals surface area contributed by atoms with Crippen LogP contribution in [-0.4, -0.2) is 12.1 Å². The third-order valence-electron chi connectivity index (χ3n) is 2.72. The normalized spacial score (nSPS) is 10.0. The van der Waals surface area contributed by atoms with Crippen LogP contribution >= 0.6 is 23.8 Å². The highest BCUT2D eigenvalue weighted by molar-refractivity contribution is 7.80. The van der Waals surface area contributed by atoms with E-state index in [9.17, 15) is 0 Å². The molecule has 2 rings (SSSR count). The van der Waals surface area contributed by atoms with Crippen LogP contribution in [0.2, 0.25) is 5.02 Å². The number of nitrogens with one attached hydrogen (secondary N) is 1. The maximum absolute atomic E-state index is 5.84. The second-order valence-electron chi connectivity index (χ2n) is 4.04. The van der Waals surface area contributed by atoms with Crippen LogP contribution in [0.5, 0.6) is 5.75 Å². The van der Waals surface area contributed by atoms with E-state index >= 15 is 0 Å². The number of benzene rings is 2. The van der Waals surface area contributed by atoms with Crippen molar-refractivity contribution in [3.05, 3.63) is 64.7 Å². The zero-order chi connectivity index (χ0) is 13.7. The number of hydrogen-bond acceptors (Lipinski definition) is 2. The summed E-state index contributed by atoms with van der Waals surface area (Å²) in [5.41, 5.74) is 2.12. The van der Waals surface area contributed by atoms with Crippen LogP contribution < -0.4 is 10.1 Å². The summed E-state index contributed by atoms with van der Waals surface area (Å²) >= 11 is 11.2. The fourth-order valence-electron chi connectivity index (χ4n) is 1.63. The Kier molecular flexibility index (Phi) is 4.77. The molecule has 0 atom stereocenters. The van der Waals surface area contributed by atoms with E-state index in [1.807, 2.05) is 48.5 Å². The summed E-state index contributed by atoms with van der Waals surface area (Å²) in [6.07, 6.45) is 0. The van der Waals surface area contributed by atoms with Crippen molar-refractivity contribution in [1.29, 1.82) is 0 Å². The van der Waals surface area contributed by atoms with E-state index in [1.165, 1.54) is 0 Å². The van der Waals surface area contributed by atoms with Crippen LogP contribution in [0.1, 0.15) is 11.1 Å². The first-order chi connectivity index (χ1) is 9.19. The highest BCUT2D eigenvalue weighted by Gasteiger charge is 2.01. The van der Waals surface area contributed by atoms with E-state index < -0.39 is 0 Å². The van der Waals surface area contributed by atoms with Crippen LogP contribution in [0.25, 0.3) is 0 Å². The monoisotopic (exact) mass is 291 g/mol. The molecule has 0 unspecified atom stereocenters. The lowest BCUT2D eigenvalue weighted by molar-refractivity contribution is 0.415. The molecule has 2 nitrogen and oxygen atoms in total. The summed E-state index contributed by atoms with van der Waals surface area (Å²) in [5.74, 6) is 0.823. The maximum atomic E-state index is 5.84. The summed E-state index contributed by atoms with van der Waals surface area (Å²) in [4.78, 5) is 0.720. The first kappa shape index (κ1) is 13.8. The van der Waals surface area contributed by atoms with E-state index in [0.717, 1.165) is 26.9 Å². The van der Waals surface area contributed by atoms with Gasteiger partial charge in [0.05, 0.1) is 7.11 Å². The van der Waals surface area contributed by atoms with Crippen molar-refractivity contribution in [2.45, 2.75) is 6.54 Å². The van der Waals surface area contributed by atoms with Gasteiger partial charge in [0, 0.05) is 17.1 Å². The van der Waals surface area contributed by atoms with Gasteiger partial charge in [-0.15, -0.1) is 0 Å². The van der Waals surface area contributed by atoms with Gasteiger partial charge in [-0.1, -0.05) is 36.0 Å². The standard InChI is InChI=1S/C15H14ClNOS/c1-18-14-8-4-12(5-9-14)15(19)17-10-11-2-6-13(16)7-3-11/h2-9H,10H2,1H3,(H,17,19). The Bertz CT molecular complexity index is 551. The maximum Gasteiger partial charge on any atom is 0.118 e. The van der Waals surface area contributed by atoms with E-state index in [-0.39, 0.29) is 0 Å². The van der Waals surface area contributed by atoms with Gasteiger partial charge < -0.3 is 10.1 Å². The largest absolute Gasteiger partial charge is 0.497 e. The third kappa shape index (κ3) is 3.94. The summed E-state index contributed by atoms with van der Waals surface area (Å²) in [7, 11) is 1.64. The van der Waals surface area contributed by atoms with Gasteiger partial charge in [0.25, 0.3) is 0 Å². The minimum absolute atomic E-state index is 0.683. The van der Waals surface area contributed by atoms with Crippen LogP contribution in [0.15, 0.2) is 48.5 Å². The van der Waals surface area contributed by atoms with Crippen molar-refractivity contribution in [3.63, 3.8) is 0 Å². The minimum atomic E-state index is 0.683. The lowest BCUT2D eigenvalue weighted by Gasteiger charge is -2.09. The number of ether oxygens (including phenoxy) is 1. The molecule has 0 amide bonds. The van der Waals surface area contributed by atoms with Gasteiger partial charge in [0.15, 0.2) is 0 Å². The van der Waals surface area contributed by atoms with Gasteiger partial charge in [-0.3, -0.25) is 0 Å². The number of methoxy groups -OCH3 is 1. The van der Waals surface area contributed by atoms with E-state index in [2.05, 4.69) is 5.32 Å². The first-order valence-electron chi connectivity index (χ1n) is 5.86. The van der Waals surface area contributed by atoms with Gasteiger partial charge in [0.2, 0.25) is 0 Å². The first-order valence-corrected chi connectivity index (χ1v) is 6.64. The molecule has 2 aromatic rings. The molecule has 0 saturated heterocycles. The SMILES string of the molecule is COc1ccc(C(=S)NCc2ccc(Cl)cc2)cc1. The molecule has 98 valence electrons. The lowest BCUT2D eigenvalue weighted by atomic mass is 10.2. The molecule has 0 heterocycles. The van der Waals surface area contributed by atoms with Crippen LogP contribution in [0.3, 0.4) is 0 Å². The molecule has 0 fully saturated rings. The summed E-state index contributed by atoms with van der Waals surface area (Å²) in [5, 5.41) is 3.96. The average Bonchev–Trinajstić information content (AvgIpc) is 2.46. The van der Waals surface area contributed by atoms with Crippen molar-refractivity contribution < 1.29 is 4.74 Å². The molecule has 0 aromatic heterocycles. The molecule has 0 spiro atoms. The summed E-state index contributed by atoms with van der Waals surface area (Å²) < 4.78 is 5.11. The molecule has 0 radical (unpaired) electrons. The molecule has 0 aliphatic rings. The van der Waals surface area contributed by atoms with Crippen molar-refractivity contribution in [1.82, 2.24) is 5.32 Å². The fourth-order valence-corrected chi connectivity index (χ4v) is 1.96. The predicted molar refractivity (Wildman–Crippen MR) is 83.0 cm³/mol. The Balaban J connectivity index is 1.95. The fraction of sp³-hybridized carbons (Fsp3) is 0.133. The molecule has 4 heteroatoms. The third-order valence-corrected chi connectivity index (χ3v) is 3.35. The predicted octanol–water partition coefficient (Wildman–Crippen LogP) is 3.81.